The summed E-state index contributed by atoms with van der Waals surface area (Å²) in [5, 5.41) is 5.40. The topological polar surface area (TPSA) is 67.4 Å². The zero-order valence-electron chi connectivity index (χ0n) is 13.4. The molecule has 0 aliphatic heterocycles. The highest BCUT2D eigenvalue weighted by atomic mass is 16.6. The molecule has 2 N–H and O–H groups in total. The summed E-state index contributed by atoms with van der Waals surface area (Å²) in [6.45, 7) is 5.42. The van der Waals surface area contributed by atoms with E-state index in [1.807, 2.05) is 18.2 Å². The third-order valence-electron chi connectivity index (χ3n) is 2.79. The SMILES string of the molecule is CC(C)(C)OC(=O)c1cccc(NC(=O)Nc2ccccc2)c1. The fraction of sp³-hybridized carbons (Fsp3) is 0.222. The molecule has 2 rings (SSSR count). The second-order valence-corrected chi connectivity index (χ2v) is 6.03. The molecule has 0 unspecified atom stereocenters. The molecule has 0 atom stereocenters. The smallest absolute Gasteiger partial charge is 0.338 e. The molecule has 120 valence electrons. The highest BCUT2D eigenvalue weighted by molar-refractivity contribution is 6.00. The van der Waals surface area contributed by atoms with Crippen molar-refractivity contribution in [3.05, 3.63) is 60.2 Å². The Morgan fingerprint density at radius 3 is 2.13 bits per heavy atom. The van der Waals surface area contributed by atoms with Crippen LogP contribution in [0, 0.1) is 0 Å². The minimum absolute atomic E-state index is 0.377. The van der Waals surface area contributed by atoms with Crippen LogP contribution in [0.5, 0.6) is 0 Å². The van der Waals surface area contributed by atoms with E-state index in [0.717, 1.165) is 0 Å². The number of hydrogen-bond donors (Lipinski definition) is 2. The molecule has 0 saturated heterocycles. The predicted molar refractivity (Wildman–Crippen MR) is 90.7 cm³/mol. The van der Waals surface area contributed by atoms with Crippen LogP contribution in [-0.4, -0.2) is 17.6 Å². The minimum Gasteiger partial charge on any atom is -0.456 e. The first-order valence-electron chi connectivity index (χ1n) is 7.30. The van der Waals surface area contributed by atoms with Crippen LogP contribution in [0.3, 0.4) is 0 Å². The van der Waals surface area contributed by atoms with Crippen LogP contribution in [0.1, 0.15) is 31.1 Å². The number of rotatable bonds is 3. The molecule has 0 bridgehead atoms. The molecule has 0 aliphatic carbocycles. The van der Waals surface area contributed by atoms with Gasteiger partial charge in [-0.05, 0) is 51.1 Å². The van der Waals surface area contributed by atoms with Gasteiger partial charge in [0.05, 0.1) is 5.56 Å². The molecule has 2 amide bonds. The van der Waals surface area contributed by atoms with Gasteiger partial charge in [-0.1, -0.05) is 24.3 Å². The van der Waals surface area contributed by atoms with Gasteiger partial charge in [0.15, 0.2) is 0 Å². The number of benzene rings is 2. The summed E-state index contributed by atoms with van der Waals surface area (Å²) in [5.74, 6) is -0.426. The summed E-state index contributed by atoms with van der Waals surface area (Å²) in [6, 6.07) is 15.4. The molecule has 0 aromatic heterocycles. The highest BCUT2D eigenvalue weighted by Crippen LogP contribution is 2.16. The third kappa shape index (κ3) is 5.47. The van der Waals surface area contributed by atoms with Gasteiger partial charge in [0.25, 0.3) is 0 Å². The molecule has 2 aromatic carbocycles. The summed E-state index contributed by atoms with van der Waals surface area (Å²) >= 11 is 0. The van der Waals surface area contributed by atoms with Crippen molar-refractivity contribution in [1.82, 2.24) is 0 Å². The number of ether oxygens (including phenoxy) is 1. The van der Waals surface area contributed by atoms with Crippen molar-refractivity contribution in [2.24, 2.45) is 0 Å². The molecule has 2 aromatic rings. The van der Waals surface area contributed by atoms with Crippen LogP contribution in [0.4, 0.5) is 16.2 Å². The van der Waals surface area contributed by atoms with Crippen molar-refractivity contribution in [2.75, 3.05) is 10.6 Å². The van der Waals surface area contributed by atoms with Gasteiger partial charge < -0.3 is 15.4 Å². The predicted octanol–water partition coefficient (Wildman–Crippen LogP) is 4.29. The number of amides is 2. The molecule has 23 heavy (non-hydrogen) atoms. The molecule has 0 saturated carbocycles. The van der Waals surface area contributed by atoms with Gasteiger partial charge in [-0.2, -0.15) is 0 Å². The summed E-state index contributed by atoms with van der Waals surface area (Å²) in [6.07, 6.45) is 0. The van der Waals surface area contributed by atoms with E-state index < -0.39 is 11.6 Å². The van der Waals surface area contributed by atoms with Gasteiger partial charge in [0, 0.05) is 11.4 Å². The van der Waals surface area contributed by atoms with E-state index in [9.17, 15) is 9.59 Å². The first-order valence-corrected chi connectivity index (χ1v) is 7.30. The largest absolute Gasteiger partial charge is 0.456 e. The van der Waals surface area contributed by atoms with Gasteiger partial charge in [-0.15, -0.1) is 0 Å². The lowest BCUT2D eigenvalue weighted by molar-refractivity contribution is 0.00695. The molecule has 0 radical (unpaired) electrons. The number of anilines is 2. The second-order valence-electron chi connectivity index (χ2n) is 6.03. The van der Waals surface area contributed by atoms with Gasteiger partial charge in [0.1, 0.15) is 5.60 Å². The Morgan fingerprint density at radius 1 is 0.870 bits per heavy atom. The third-order valence-corrected chi connectivity index (χ3v) is 2.79. The first kappa shape index (κ1) is 16.5. The van der Waals surface area contributed by atoms with Crippen molar-refractivity contribution >= 4 is 23.4 Å². The molecule has 0 fully saturated rings. The Labute approximate surface area is 135 Å². The van der Waals surface area contributed by atoms with Crippen molar-refractivity contribution in [3.63, 3.8) is 0 Å². The van der Waals surface area contributed by atoms with Crippen LogP contribution in [0.15, 0.2) is 54.6 Å². The van der Waals surface area contributed by atoms with Gasteiger partial charge in [-0.25, -0.2) is 9.59 Å². The Kier molecular flexibility index (Phi) is 5.01. The minimum atomic E-state index is -0.564. The normalized spacial score (nSPS) is 10.7. The number of esters is 1. The van der Waals surface area contributed by atoms with E-state index in [-0.39, 0.29) is 6.03 Å². The number of nitrogens with one attached hydrogen (secondary N) is 2. The molecule has 0 aliphatic rings. The lowest BCUT2D eigenvalue weighted by Crippen LogP contribution is -2.24. The Hall–Kier alpha value is -2.82. The van der Waals surface area contributed by atoms with Gasteiger partial charge >= 0.3 is 12.0 Å². The second kappa shape index (κ2) is 6.96. The Bertz CT molecular complexity index is 691. The fourth-order valence-corrected chi connectivity index (χ4v) is 1.88. The monoisotopic (exact) mass is 312 g/mol. The quantitative estimate of drug-likeness (QED) is 0.831. The standard InChI is InChI=1S/C18H20N2O3/c1-18(2,3)23-16(21)13-8-7-11-15(12-13)20-17(22)19-14-9-5-4-6-10-14/h4-12H,1-3H3,(H2,19,20,22). The van der Waals surface area contributed by atoms with Crippen molar-refractivity contribution in [2.45, 2.75) is 26.4 Å². The summed E-state index contributed by atoms with van der Waals surface area (Å²) < 4.78 is 5.31. The maximum Gasteiger partial charge on any atom is 0.338 e. The first-order chi connectivity index (χ1) is 10.8. The fourth-order valence-electron chi connectivity index (χ4n) is 1.88. The molecule has 0 heterocycles. The average molecular weight is 312 g/mol. The van der Waals surface area contributed by atoms with E-state index in [0.29, 0.717) is 16.9 Å². The summed E-state index contributed by atoms with van der Waals surface area (Å²) in [7, 11) is 0. The van der Waals surface area contributed by atoms with Crippen LogP contribution in [0.2, 0.25) is 0 Å². The lowest BCUT2D eigenvalue weighted by atomic mass is 10.1. The van der Waals surface area contributed by atoms with Crippen LogP contribution >= 0.6 is 0 Å². The zero-order chi connectivity index (χ0) is 16.9. The van der Waals surface area contributed by atoms with E-state index in [4.69, 9.17) is 4.74 Å². The number of carbonyl (C=O) groups excluding carboxylic acids is 2. The van der Waals surface area contributed by atoms with Gasteiger partial charge in [0.2, 0.25) is 0 Å². The van der Waals surface area contributed by atoms with Crippen LogP contribution in [-0.2, 0) is 4.74 Å². The maximum absolute atomic E-state index is 12.0. The highest BCUT2D eigenvalue weighted by Gasteiger charge is 2.18. The van der Waals surface area contributed by atoms with E-state index in [2.05, 4.69) is 10.6 Å². The van der Waals surface area contributed by atoms with Crippen LogP contribution < -0.4 is 10.6 Å². The number of urea groups is 1. The Balaban J connectivity index is 2.02. The molecule has 5 heteroatoms. The number of carbonyl (C=O) groups is 2. The molecule has 0 spiro atoms. The number of para-hydroxylation sites is 1. The average Bonchev–Trinajstić information content (AvgIpc) is 2.46. The van der Waals surface area contributed by atoms with E-state index in [1.54, 1.807) is 57.2 Å². The Morgan fingerprint density at radius 2 is 1.48 bits per heavy atom. The van der Waals surface area contributed by atoms with Crippen molar-refractivity contribution in [1.29, 1.82) is 0 Å². The van der Waals surface area contributed by atoms with E-state index >= 15 is 0 Å². The summed E-state index contributed by atoms with van der Waals surface area (Å²) in [5.41, 5.74) is 1.03. The maximum atomic E-state index is 12.0. The zero-order valence-corrected chi connectivity index (χ0v) is 13.4. The van der Waals surface area contributed by atoms with Crippen molar-refractivity contribution in [3.8, 4) is 0 Å². The van der Waals surface area contributed by atoms with Crippen LogP contribution in [0.25, 0.3) is 0 Å². The molecular formula is C18H20N2O3. The molecular weight excluding hydrogens is 292 g/mol. The summed E-state index contributed by atoms with van der Waals surface area (Å²) in [4.78, 5) is 24.0. The van der Waals surface area contributed by atoms with Crippen molar-refractivity contribution < 1.29 is 14.3 Å². The molecule has 5 nitrogen and oxygen atoms in total. The van der Waals surface area contributed by atoms with Gasteiger partial charge in [-0.3, -0.25) is 0 Å². The number of hydrogen-bond acceptors (Lipinski definition) is 3. The lowest BCUT2D eigenvalue weighted by Gasteiger charge is -2.19. The van der Waals surface area contributed by atoms with E-state index in [1.165, 1.54) is 0 Å².